The largest absolute Gasteiger partial charge is 0.398 e. The van der Waals surface area contributed by atoms with Gasteiger partial charge in [-0.3, -0.25) is 4.72 Å². The first-order valence-corrected chi connectivity index (χ1v) is 8.02. The molecule has 0 spiro atoms. The summed E-state index contributed by atoms with van der Waals surface area (Å²) in [5, 5.41) is 0. The molecule has 0 amide bonds. The molecule has 0 saturated heterocycles. The summed E-state index contributed by atoms with van der Waals surface area (Å²) in [6.07, 6.45) is 0. The van der Waals surface area contributed by atoms with E-state index in [1.54, 1.807) is 0 Å². The van der Waals surface area contributed by atoms with Gasteiger partial charge in [0.1, 0.15) is 11.6 Å². The van der Waals surface area contributed by atoms with E-state index < -0.39 is 21.7 Å². The molecule has 0 fully saturated rings. The first-order valence-electron chi connectivity index (χ1n) is 5.74. The van der Waals surface area contributed by atoms with E-state index in [2.05, 4.69) is 20.7 Å². The van der Waals surface area contributed by atoms with E-state index in [9.17, 15) is 17.2 Å². The number of anilines is 2. The summed E-state index contributed by atoms with van der Waals surface area (Å²) in [6, 6.07) is 5.55. The van der Waals surface area contributed by atoms with Crippen molar-refractivity contribution < 1.29 is 17.2 Å². The van der Waals surface area contributed by atoms with Crippen LogP contribution in [0.3, 0.4) is 0 Å². The van der Waals surface area contributed by atoms with Crippen molar-refractivity contribution >= 4 is 37.3 Å². The maximum atomic E-state index is 13.6. The van der Waals surface area contributed by atoms with E-state index >= 15 is 0 Å². The predicted molar refractivity (Wildman–Crippen MR) is 80.5 cm³/mol. The Hall–Kier alpha value is -1.67. The quantitative estimate of drug-likeness (QED) is 0.806. The van der Waals surface area contributed by atoms with Crippen molar-refractivity contribution in [2.45, 2.75) is 11.8 Å². The molecule has 0 aliphatic carbocycles. The standard InChI is InChI=1S/C13H11BrF2N2O2S/c1-7-11(16)5-9(6-12(7)17)21(19,20)18-13-4-8(15)2-3-10(13)14/h2-6,18H,17H2,1H3. The molecule has 0 bridgehead atoms. The van der Waals surface area contributed by atoms with Crippen molar-refractivity contribution in [1.29, 1.82) is 0 Å². The molecule has 0 aliphatic heterocycles. The highest BCUT2D eigenvalue weighted by Gasteiger charge is 2.19. The molecule has 2 rings (SSSR count). The average molecular weight is 377 g/mol. The van der Waals surface area contributed by atoms with Gasteiger partial charge in [0.2, 0.25) is 0 Å². The number of nitrogens with two attached hydrogens (primary N) is 1. The Labute approximate surface area is 129 Å². The van der Waals surface area contributed by atoms with Crippen LogP contribution < -0.4 is 10.5 Å². The highest BCUT2D eigenvalue weighted by Crippen LogP contribution is 2.27. The molecule has 0 saturated carbocycles. The van der Waals surface area contributed by atoms with E-state index in [0.717, 1.165) is 18.2 Å². The van der Waals surface area contributed by atoms with Gasteiger partial charge < -0.3 is 5.73 Å². The molecule has 112 valence electrons. The molecule has 0 unspecified atom stereocenters. The molecule has 3 N–H and O–H groups in total. The van der Waals surface area contributed by atoms with Crippen LogP contribution in [-0.4, -0.2) is 8.42 Å². The molecule has 2 aromatic carbocycles. The topological polar surface area (TPSA) is 72.2 Å². The van der Waals surface area contributed by atoms with Crippen LogP contribution in [0.5, 0.6) is 0 Å². The lowest BCUT2D eigenvalue weighted by Gasteiger charge is -2.11. The van der Waals surface area contributed by atoms with Crippen LogP contribution in [0.25, 0.3) is 0 Å². The number of nitrogens with one attached hydrogen (secondary N) is 1. The maximum absolute atomic E-state index is 13.6. The number of hydrogen-bond donors (Lipinski definition) is 2. The highest BCUT2D eigenvalue weighted by molar-refractivity contribution is 9.10. The van der Waals surface area contributed by atoms with Crippen LogP contribution >= 0.6 is 15.9 Å². The van der Waals surface area contributed by atoms with Crippen LogP contribution in [-0.2, 0) is 10.0 Å². The Balaban J connectivity index is 2.46. The zero-order valence-electron chi connectivity index (χ0n) is 10.8. The fourth-order valence-electron chi connectivity index (χ4n) is 1.61. The Morgan fingerprint density at radius 3 is 2.48 bits per heavy atom. The number of rotatable bonds is 3. The molecule has 4 nitrogen and oxygen atoms in total. The number of nitrogen functional groups attached to an aromatic ring is 1. The highest BCUT2D eigenvalue weighted by atomic mass is 79.9. The predicted octanol–water partition coefficient (Wildman–Crippen LogP) is 3.42. The van der Waals surface area contributed by atoms with Crippen LogP contribution in [0.15, 0.2) is 39.7 Å². The number of benzene rings is 2. The van der Waals surface area contributed by atoms with E-state index in [0.29, 0.717) is 4.47 Å². The number of halogens is 3. The molecule has 0 atom stereocenters. The molecule has 0 aliphatic rings. The number of sulfonamides is 1. The molecule has 0 heterocycles. The van der Waals surface area contributed by atoms with Gasteiger partial charge in [-0.1, -0.05) is 0 Å². The summed E-state index contributed by atoms with van der Waals surface area (Å²) in [5.41, 5.74) is 5.76. The first-order chi connectivity index (χ1) is 9.70. The van der Waals surface area contributed by atoms with E-state index in [1.165, 1.54) is 19.1 Å². The summed E-state index contributed by atoms with van der Waals surface area (Å²) in [7, 11) is -4.08. The lowest BCUT2D eigenvalue weighted by Crippen LogP contribution is -2.14. The zero-order valence-corrected chi connectivity index (χ0v) is 13.2. The molecule has 21 heavy (non-hydrogen) atoms. The zero-order chi connectivity index (χ0) is 15.8. The Kier molecular flexibility index (Phi) is 4.20. The molecule has 8 heteroatoms. The van der Waals surface area contributed by atoms with E-state index in [4.69, 9.17) is 5.73 Å². The van der Waals surface area contributed by atoms with Crippen molar-refractivity contribution in [3.8, 4) is 0 Å². The third-order valence-corrected chi connectivity index (χ3v) is 4.88. The fourth-order valence-corrected chi connectivity index (χ4v) is 3.20. The smallest absolute Gasteiger partial charge is 0.262 e. The van der Waals surface area contributed by atoms with Crippen LogP contribution in [0.4, 0.5) is 20.2 Å². The Morgan fingerprint density at radius 1 is 1.19 bits per heavy atom. The van der Waals surface area contributed by atoms with Crippen molar-refractivity contribution in [3.63, 3.8) is 0 Å². The molecule has 2 aromatic rings. The molecular formula is C13H11BrF2N2O2S. The molecular weight excluding hydrogens is 366 g/mol. The third kappa shape index (κ3) is 3.33. The Bertz CT molecular complexity index is 787. The minimum atomic E-state index is -4.08. The van der Waals surface area contributed by atoms with Crippen molar-refractivity contribution in [3.05, 3.63) is 52.0 Å². The van der Waals surface area contributed by atoms with Crippen molar-refractivity contribution in [1.82, 2.24) is 0 Å². The van der Waals surface area contributed by atoms with Gasteiger partial charge >= 0.3 is 0 Å². The molecule has 0 aromatic heterocycles. The average Bonchev–Trinajstić information content (AvgIpc) is 2.39. The molecule has 0 radical (unpaired) electrons. The van der Waals surface area contributed by atoms with Crippen molar-refractivity contribution in [2.75, 3.05) is 10.5 Å². The SMILES string of the molecule is Cc1c(N)cc(S(=O)(=O)Nc2cc(F)ccc2Br)cc1F. The van der Waals surface area contributed by atoms with Gasteiger partial charge in [-0.05, 0) is 53.2 Å². The minimum Gasteiger partial charge on any atom is -0.398 e. The van der Waals surface area contributed by atoms with Gasteiger partial charge in [-0.15, -0.1) is 0 Å². The monoisotopic (exact) mass is 376 g/mol. The van der Waals surface area contributed by atoms with E-state index in [-0.39, 0.29) is 21.8 Å². The van der Waals surface area contributed by atoms with Gasteiger partial charge in [0.15, 0.2) is 0 Å². The maximum Gasteiger partial charge on any atom is 0.262 e. The summed E-state index contributed by atoms with van der Waals surface area (Å²) < 4.78 is 53.7. The second-order valence-electron chi connectivity index (χ2n) is 4.35. The Morgan fingerprint density at radius 2 is 1.86 bits per heavy atom. The third-order valence-electron chi connectivity index (χ3n) is 2.84. The lowest BCUT2D eigenvalue weighted by molar-refractivity contribution is 0.593. The van der Waals surface area contributed by atoms with Crippen LogP contribution in [0, 0.1) is 18.6 Å². The van der Waals surface area contributed by atoms with Gasteiger partial charge in [-0.2, -0.15) is 0 Å². The first kappa shape index (κ1) is 15.7. The number of hydrogen-bond acceptors (Lipinski definition) is 3. The van der Waals surface area contributed by atoms with Crippen LogP contribution in [0.2, 0.25) is 0 Å². The summed E-state index contributed by atoms with van der Waals surface area (Å²) >= 11 is 3.10. The van der Waals surface area contributed by atoms with E-state index in [1.807, 2.05) is 0 Å². The minimum absolute atomic E-state index is 0.00885. The van der Waals surface area contributed by atoms with Gasteiger partial charge in [-0.25, -0.2) is 17.2 Å². The second kappa shape index (κ2) is 5.61. The van der Waals surface area contributed by atoms with Gasteiger partial charge in [0.25, 0.3) is 10.0 Å². The lowest BCUT2D eigenvalue weighted by atomic mass is 10.2. The summed E-state index contributed by atoms with van der Waals surface area (Å²) in [5.74, 6) is -1.33. The van der Waals surface area contributed by atoms with Gasteiger partial charge in [0, 0.05) is 15.7 Å². The van der Waals surface area contributed by atoms with Crippen molar-refractivity contribution in [2.24, 2.45) is 0 Å². The summed E-state index contributed by atoms with van der Waals surface area (Å²) in [4.78, 5) is -0.334. The van der Waals surface area contributed by atoms with Gasteiger partial charge in [0.05, 0.1) is 10.6 Å². The summed E-state index contributed by atoms with van der Waals surface area (Å²) in [6.45, 7) is 1.44. The fraction of sp³-hybridized carbons (Fsp3) is 0.0769. The van der Waals surface area contributed by atoms with Crippen LogP contribution in [0.1, 0.15) is 5.56 Å². The normalized spacial score (nSPS) is 11.4. The second-order valence-corrected chi connectivity index (χ2v) is 6.89.